The van der Waals surface area contributed by atoms with Crippen LogP contribution in [0.1, 0.15) is 38.3 Å². The highest BCUT2D eigenvalue weighted by atomic mass is 32.2. The first kappa shape index (κ1) is 16.4. The molecule has 0 saturated carbocycles. The van der Waals surface area contributed by atoms with E-state index in [1.54, 1.807) is 11.8 Å². The lowest BCUT2D eigenvalue weighted by atomic mass is 9.86. The number of rotatable bonds is 4. The van der Waals surface area contributed by atoms with Crippen molar-refractivity contribution < 1.29 is 4.79 Å². The van der Waals surface area contributed by atoms with Gasteiger partial charge in [0.25, 0.3) is 0 Å². The van der Waals surface area contributed by atoms with Crippen molar-refractivity contribution in [2.24, 2.45) is 5.73 Å². The van der Waals surface area contributed by atoms with Gasteiger partial charge in [-0.2, -0.15) is 11.8 Å². The molecule has 0 unspecified atom stereocenters. The molecule has 2 N–H and O–H groups in total. The lowest BCUT2D eigenvalue weighted by Gasteiger charge is -2.23. The molecule has 0 bridgehead atoms. The number of thioether (sulfide) groups is 1. The number of benzene rings is 1. The summed E-state index contributed by atoms with van der Waals surface area (Å²) in [5.74, 6) is 0.989. The quantitative estimate of drug-likeness (QED) is 0.930. The first-order chi connectivity index (χ1) is 9.84. The van der Waals surface area contributed by atoms with Gasteiger partial charge in [0.15, 0.2) is 0 Å². The molecule has 1 amide bonds. The van der Waals surface area contributed by atoms with E-state index in [0.717, 1.165) is 30.8 Å². The summed E-state index contributed by atoms with van der Waals surface area (Å²) in [6.07, 6.45) is 3.71. The summed E-state index contributed by atoms with van der Waals surface area (Å²) in [5.41, 5.74) is 9.82. The average molecular weight is 306 g/mol. The van der Waals surface area contributed by atoms with E-state index in [2.05, 4.69) is 39.0 Å². The van der Waals surface area contributed by atoms with Crippen LogP contribution in [0.5, 0.6) is 0 Å². The Hall–Kier alpha value is -1.00. The Bertz CT molecular complexity index is 522. The number of nitrogens with zero attached hydrogens (tertiary/aromatic N) is 1. The summed E-state index contributed by atoms with van der Waals surface area (Å²) >= 11 is 1.73. The van der Waals surface area contributed by atoms with E-state index in [4.69, 9.17) is 5.73 Å². The molecule has 0 aliphatic carbocycles. The van der Waals surface area contributed by atoms with Crippen molar-refractivity contribution in [3.63, 3.8) is 0 Å². The molecule has 0 spiro atoms. The molecule has 1 heterocycles. The van der Waals surface area contributed by atoms with Gasteiger partial charge in [-0.15, -0.1) is 0 Å². The first-order valence-corrected chi connectivity index (χ1v) is 8.93. The zero-order chi connectivity index (χ0) is 15.6. The van der Waals surface area contributed by atoms with Crippen molar-refractivity contribution in [2.75, 3.05) is 23.5 Å². The Labute approximate surface area is 132 Å². The third kappa shape index (κ3) is 3.61. The molecule has 1 atom stereocenters. The van der Waals surface area contributed by atoms with Crippen LogP contribution in [0.3, 0.4) is 0 Å². The predicted octanol–water partition coefficient (Wildman–Crippen LogP) is 2.95. The minimum absolute atomic E-state index is 0.0614. The Morgan fingerprint density at radius 1 is 1.43 bits per heavy atom. The van der Waals surface area contributed by atoms with E-state index >= 15 is 0 Å². The van der Waals surface area contributed by atoms with E-state index in [1.807, 2.05) is 11.2 Å². The first-order valence-electron chi connectivity index (χ1n) is 7.54. The highest BCUT2D eigenvalue weighted by Crippen LogP contribution is 2.33. The molecular formula is C17H26N2OS. The molecule has 0 saturated heterocycles. The van der Waals surface area contributed by atoms with Gasteiger partial charge in [0.1, 0.15) is 0 Å². The second-order valence-corrected chi connectivity index (χ2v) is 7.71. The number of anilines is 1. The smallest absolute Gasteiger partial charge is 0.243 e. The number of carbonyl (C=O) groups is 1. The average Bonchev–Trinajstić information content (AvgIpc) is 2.85. The van der Waals surface area contributed by atoms with Crippen LogP contribution in [0.25, 0.3) is 0 Å². The molecule has 116 valence electrons. The van der Waals surface area contributed by atoms with Crippen LogP contribution in [0.15, 0.2) is 18.2 Å². The molecule has 3 nitrogen and oxygen atoms in total. The van der Waals surface area contributed by atoms with E-state index in [1.165, 1.54) is 11.1 Å². The number of amides is 1. The summed E-state index contributed by atoms with van der Waals surface area (Å²) in [6, 6.07) is 6.08. The number of hydrogen-bond acceptors (Lipinski definition) is 3. The van der Waals surface area contributed by atoms with Crippen LogP contribution in [-0.2, 0) is 16.6 Å². The van der Waals surface area contributed by atoms with Crippen LogP contribution in [0.4, 0.5) is 5.69 Å². The third-order valence-corrected chi connectivity index (χ3v) is 4.70. The maximum Gasteiger partial charge on any atom is 0.243 e. The van der Waals surface area contributed by atoms with Crippen LogP contribution < -0.4 is 10.6 Å². The van der Waals surface area contributed by atoms with Crippen LogP contribution >= 0.6 is 11.8 Å². The largest absolute Gasteiger partial charge is 0.320 e. The number of nitrogens with two attached hydrogens (primary N) is 1. The number of hydrogen-bond donors (Lipinski definition) is 1. The van der Waals surface area contributed by atoms with E-state index in [-0.39, 0.29) is 17.4 Å². The highest BCUT2D eigenvalue weighted by Gasteiger charge is 2.29. The SMILES string of the molecule is CSCC[C@H](N)C(=O)N1CCc2cc(C(C)(C)C)ccc21. The van der Waals surface area contributed by atoms with Gasteiger partial charge < -0.3 is 10.6 Å². The Kier molecular flexibility index (Phi) is 4.99. The van der Waals surface area contributed by atoms with Crippen LogP contribution in [0.2, 0.25) is 0 Å². The van der Waals surface area contributed by atoms with Crippen molar-refractivity contribution in [1.29, 1.82) is 0 Å². The predicted molar refractivity (Wildman–Crippen MR) is 92.2 cm³/mol. The maximum atomic E-state index is 12.5. The summed E-state index contributed by atoms with van der Waals surface area (Å²) in [6.45, 7) is 7.40. The third-order valence-electron chi connectivity index (χ3n) is 4.06. The fraction of sp³-hybridized carbons (Fsp3) is 0.588. The normalized spacial score (nSPS) is 16.0. The minimum Gasteiger partial charge on any atom is -0.320 e. The monoisotopic (exact) mass is 306 g/mol. The molecule has 4 heteroatoms. The molecule has 0 fully saturated rings. The zero-order valence-electron chi connectivity index (χ0n) is 13.5. The molecule has 1 aromatic carbocycles. The molecule has 2 rings (SSSR count). The molecule has 21 heavy (non-hydrogen) atoms. The Morgan fingerprint density at radius 3 is 2.76 bits per heavy atom. The van der Waals surface area contributed by atoms with Crippen molar-refractivity contribution in [1.82, 2.24) is 0 Å². The fourth-order valence-electron chi connectivity index (χ4n) is 2.67. The van der Waals surface area contributed by atoms with Gasteiger partial charge >= 0.3 is 0 Å². The van der Waals surface area contributed by atoms with Crippen molar-refractivity contribution in [2.45, 2.75) is 45.1 Å². The second-order valence-electron chi connectivity index (χ2n) is 6.72. The molecule has 1 aliphatic rings. The van der Waals surface area contributed by atoms with Gasteiger partial charge in [-0.05, 0) is 47.5 Å². The molecular weight excluding hydrogens is 280 g/mol. The number of fused-ring (bicyclic) bond motifs is 1. The summed E-state index contributed by atoms with van der Waals surface area (Å²) in [7, 11) is 0. The van der Waals surface area contributed by atoms with Crippen molar-refractivity contribution in [3.8, 4) is 0 Å². The summed E-state index contributed by atoms with van der Waals surface area (Å²) < 4.78 is 0. The van der Waals surface area contributed by atoms with E-state index < -0.39 is 0 Å². The molecule has 0 aromatic heterocycles. The maximum absolute atomic E-state index is 12.5. The van der Waals surface area contributed by atoms with Crippen molar-refractivity contribution in [3.05, 3.63) is 29.3 Å². The second kappa shape index (κ2) is 6.41. The lowest BCUT2D eigenvalue weighted by molar-refractivity contribution is -0.119. The van der Waals surface area contributed by atoms with Gasteiger partial charge in [0.05, 0.1) is 6.04 Å². The van der Waals surface area contributed by atoms with Gasteiger partial charge in [-0.25, -0.2) is 0 Å². The summed E-state index contributed by atoms with van der Waals surface area (Å²) in [4.78, 5) is 14.4. The van der Waals surface area contributed by atoms with E-state index in [9.17, 15) is 4.79 Å². The van der Waals surface area contributed by atoms with Gasteiger partial charge in [0, 0.05) is 12.2 Å². The lowest BCUT2D eigenvalue weighted by Crippen LogP contribution is -2.43. The topological polar surface area (TPSA) is 46.3 Å². The van der Waals surface area contributed by atoms with Gasteiger partial charge in [0.2, 0.25) is 5.91 Å². The van der Waals surface area contributed by atoms with Gasteiger partial charge in [-0.3, -0.25) is 4.79 Å². The summed E-state index contributed by atoms with van der Waals surface area (Å²) in [5, 5.41) is 0. The van der Waals surface area contributed by atoms with Crippen LogP contribution in [-0.4, -0.2) is 30.5 Å². The van der Waals surface area contributed by atoms with Crippen LogP contribution in [0, 0.1) is 0 Å². The standard InChI is InChI=1S/C17H26N2OS/c1-17(2,3)13-5-6-15-12(11-13)7-9-19(15)16(20)14(18)8-10-21-4/h5-6,11,14H,7-10,18H2,1-4H3/t14-/m0/s1. The van der Waals surface area contributed by atoms with Gasteiger partial charge in [-0.1, -0.05) is 32.9 Å². The van der Waals surface area contributed by atoms with Crippen molar-refractivity contribution >= 4 is 23.4 Å². The Morgan fingerprint density at radius 2 is 2.14 bits per heavy atom. The fourth-order valence-corrected chi connectivity index (χ4v) is 3.16. The number of carbonyl (C=O) groups excluding carboxylic acids is 1. The molecule has 1 aliphatic heterocycles. The minimum atomic E-state index is -0.384. The van der Waals surface area contributed by atoms with E-state index in [0.29, 0.717) is 0 Å². The molecule has 0 radical (unpaired) electrons. The Balaban J connectivity index is 2.17. The molecule has 1 aromatic rings. The highest BCUT2D eigenvalue weighted by molar-refractivity contribution is 7.98. The zero-order valence-corrected chi connectivity index (χ0v) is 14.3.